The maximum atomic E-state index is 12.1. The highest BCUT2D eigenvalue weighted by Crippen LogP contribution is 2.26. The van der Waals surface area contributed by atoms with Crippen LogP contribution < -0.4 is 10.2 Å². The standard InChI is InChI=1S/C17H22N4O2S/c1-2-3-5-19-16(22)14-12-24-17(20-14)13-4-6-18-15(11-13)21-7-9-23-10-8-21/h4,6,11-12H,2-3,5,7-10H2,1H3,(H,19,22). The van der Waals surface area contributed by atoms with Gasteiger partial charge in [-0.2, -0.15) is 0 Å². The summed E-state index contributed by atoms with van der Waals surface area (Å²) in [6, 6.07) is 3.96. The fourth-order valence-electron chi connectivity index (χ4n) is 2.50. The van der Waals surface area contributed by atoms with Crippen LogP contribution in [0.4, 0.5) is 5.82 Å². The number of thiazole rings is 1. The van der Waals surface area contributed by atoms with E-state index in [1.807, 2.05) is 17.5 Å². The lowest BCUT2D eigenvalue weighted by Crippen LogP contribution is -2.36. The zero-order chi connectivity index (χ0) is 16.8. The van der Waals surface area contributed by atoms with Gasteiger partial charge in [-0.05, 0) is 18.6 Å². The summed E-state index contributed by atoms with van der Waals surface area (Å²) in [5, 5.41) is 5.55. The molecule has 1 fully saturated rings. The van der Waals surface area contributed by atoms with E-state index < -0.39 is 0 Å². The summed E-state index contributed by atoms with van der Waals surface area (Å²) in [4.78, 5) is 23.2. The van der Waals surface area contributed by atoms with Crippen molar-refractivity contribution in [1.29, 1.82) is 0 Å². The van der Waals surface area contributed by atoms with Crippen LogP contribution in [0.25, 0.3) is 10.6 Å². The lowest BCUT2D eigenvalue weighted by atomic mass is 10.2. The molecule has 0 bridgehead atoms. The summed E-state index contributed by atoms with van der Waals surface area (Å²) < 4.78 is 5.38. The molecule has 3 heterocycles. The average molecular weight is 346 g/mol. The fourth-order valence-corrected chi connectivity index (χ4v) is 3.29. The number of nitrogens with zero attached hydrogens (tertiary/aromatic N) is 3. The number of anilines is 1. The minimum Gasteiger partial charge on any atom is -0.378 e. The van der Waals surface area contributed by atoms with Crippen molar-refractivity contribution in [3.63, 3.8) is 0 Å². The van der Waals surface area contributed by atoms with Gasteiger partial charge in [0.2, 0.25) is 0 Å². The highest BCUT2D eigenvalue weighted by atomic mass is 32.1. The van der Waals surface area contributed by atoms with Gasteiger partial charge in [-0.25, -0.2) is 9.97 Å². The van der Waals surface area contributed by atoms with Crippen LogP contribution in [0.1, 0.15) is 30.3 Å². The number of pyridine rings is 1. The Morgan fingerprint density at radius 2 is 2.25 bits per heavy atom. The van der Waals surface area contributed by atoms with Gasteiger partial charge in [-0.15, -0.1) is 11.3 Å². The monoisotopic (exact) mass is 346 g/mol. The van der Waals surface area contributed by atoms with Crippen LogP contribution in [-0.2, 0) is 4.74 Å². The van der Waals surface area contributed by atoms with Crippen molar-refractivity contribution >= 4 is 23.1 Å². The van der Waals surface area contributed by atoms with E-state index >= 15 is 0 Å². The van der Waals surface area contributed by atoms with Crippen molar-refractivity contribution in [2.45, 2.75) is 19.8 Å². The fraction of sp³-hybridized carbons (Fsp3) is 0.471. The highest BCUT2D eigenvalue weighted by Gasteiger charge is 2.15. The third kappa shape index (κ3) is 4.10. The van der Waals surface area contributed by atoms with Gasteiger partial charge in [0.1, 0.15) is 16.5 Å². The smallest absolute Gasteiger partial charge is 0.270 e. The second-order valence-corrected chi connectivity index (χ2v) is 6.51. The van der Waals surface area contributed by atoms with Crippen LogP contribution in [0, 0.1) is 0 Å². The maximum Gasteiger partial charge on any atom is 0.270 e. The topological polar surface area (TPSA) is 67.4 Å². The molecule has 1 aliphatic heterocycles. The Kier molecular flexibility index (Phi) is 5.77. The Hall–Kier alpha value is -1.99. The first-order valence-corrected chi connectivity index (χ1v) is 9.18. The van der Waals surface area contributed by atoms with E-state index in [9.17, 15) is 4.79 Å². The Bertz CT molecular complexity index is 683. The molecule has 0 radical (unpaired) electrons. The minimum atomic E-state index is -0.103. The molecular weight excluding hydrogens is 324 g/mol. The molecule has 1 aliphatic rings. The second kappa shape index (κ2) is 8.21. The Morgan fingerprint density at radius 1 is 1.42 bits per heavy atom. The molecule has 1 amide bonds. The van der Waals surface area contributed by atoms with Crippen molar-refractivity contribution in [1.82, 2.24) is 15.3 Å². The number of ether oxygens (including phenoxy) is 1. The van der Waals surface area contributed by atoms with Gasteiger partial charge in [0.25, 0.3) is 5.91 Å². The molecular formula is C17H22N4O2S. The maximum absolute atomic E-state index is 12.1. The highest BCUT2D eigenvalue weighted by molar-refractivity contribution is 7.13. The van der Waals surface area contributed by atoms with Gasteiger partial charge in [0.15, 0.2) is 0 Å². The summed E-state index contributed by atoms with van der Waals surface area (Å²) in [6.45, 7) is 5.94. The first kappa shape index (κ1) is 16.9. The van der Waals surface area contributed by atoms with Crippen LogP contribution in [-0.4, -0.2) is 48.7 Å². The molecule has 6 nitrogen and oxygen atoms in total. The molecule has 3 rings (SSSR count). The van der Waals surface area contributed by atoms with Crippen molar-refractivity contribution < 1.29 is 9.53 Å². The zero-order valence-electron chi connectivity index (χ0n) is 13.8. The molecule has 128 valence electrons. The van der Waals surface area contributed by atoms with Crippen molar-refractivity contribution in [3.05, 3.63) is 29.4 Å². The minimum absolute atomic E-state index is 0.103. The Morgan fingerprint density at radius 3 is 3.04 bits per heavy atom. The number of rotatable bonds is 6. The Balaban J connectivity index is 1.71. The van der Waals surface area contributed by atoms with Crippen LogP contribution in [0.5, 0.6) is 0 Å². The van der Waals surface area contributed by atoms with Crippen LogP contribution in [0.15, 0.2) is 23.7 Å². The first-order valence-electron chi connectivity index (χ1n) is 8.31. The van der Waals surface area contributed by atoms with Crippen molar-refractivity contribution in [2.75, 3.05) is 37.7 Å². The van der Waals surface area contributed by atoms with E-state index in [1.54, 1.807) is 6.20 Å². The molecule has 2 aromatic rings. The number of hydrogen-bond donors (Lipinski definition) is 1. The summed E-state index contributed by atoms with van der Waals surface area (Å²) >= 11 is 1.48. The molecule has 0 aliphatic carbocycles. The van der Waals surface area contributed by atoms with Gasteiger partial charge < -0.3 is 15.0 Å². The van der Waals surface area contributed by atoms with Crippen LogP contribution >= 0.6 is 11.3 Å². The number of aromatic nitrogens is 2. The number of hydrogen-bond acceptors (Lipinski definition) is 6. The average Bonchev–Trinajstić information content (AvgIpc) is 3.13. The zero-order valence-corrected chi connectivity index (χ0v) is 14.6. The molecule has 2 aromatic heterocycles. The predicted octanol–water partition coefficient (Wildman–Crippen LogP) is 2.57. The lowest BCUT2D eigenvalue weighted by molar-refractivity contribution is 0.0949. The number of nitrogens with one attached hydrogen (secondary N) is 1. The van der Waals surface area contributed by atoms with Gasteiger partial charge >= 0.3 is 0 Å². The normalized spacial score (nSPS) is 14.6. The molecule has 0 saturated carbocycles. The van der Waals surface area contributed by atoms with E-state index in [0.29, 0.717) is 12.2 Å². The molecule has 1 saturated heterocycles. The predicted molar refractivity (Wildman–Crippen MR) is 95.6 cm³/mol. The molecule has 0 spiro atoms. The van der Waals surface area contributed by atoms with E-state index in [-0.39, 0.29) is 5.91 Å². The van der Waals surface area contributed by atoms with E-state index in [4.69, 9.17) is 4.74 Å². The Labute approximate surface area is 145 Å². The number of morpholine rings is 1. The quantitative estimate of drug-likeness (QED) is 0.814. The molecule has 0 unspecified atom stereocenters. The number of carbonyl (C=O) groups excluding carboxylic acids is 1. The molecule has 0 aromatic carbocycles. The third-order valence-corrected chi connectivity index (χ3v) is 4.77. The summed E-state index contributed by atoms with van der Waals surface area (Å²) in [7, 11) is 0. The SMILES string of the molecule is CCCCNC(=O)c1csc(-c2ccnc(N3CCOCC3)c2)n1. The van der Waals surface area contributed by atoms with Gasteiger partial charge in [0, 0.05) is 36.8 Å². The third-order valence-electron chi connectivity index (χ3n) is 3.88. The largest absolute Gasteiger partial charge is 0.378 e. The lowest BCUT2D eigenvalue weighted by Gasteiger charge is -2.27. The second-order valence-electron chi connectivity index (χ2n) is 5.65. The molecule has 24 heavy (non-hydrogen) atoms. The molecule has 1 N–H and O–H groups in total. The first-order chi connectivity index (χ1) is 11.8. The number of carbonyl (C=O) groups is 1. The molecule has 0 atom stereocenters. The van der Waals surface area contributed by atoms with Gasteiger partial charge in [-0.3, -0.25) is 4.79 Å². The van der Waals surface area contributed by atoms with Crippen LogP contribution in [0.2, 0.25) is 0 Å². The van der Waals surface area contributed by atoms with Crippen molar-refractivity contribution in [3.8, 4) is 10.6 Å². The van der Waals surface area contributed by atoms with E-state index in [0.717, 1.165) is 55.5 Å². The molecule has 7 heteroatoms. The summed E-state index contributed by atoms with van der Waals surface area (Å²) in [5.74, 6) is 0.827. The van der Waals surface area contributed by atoms with Crippen LogP contribution in [0.3, 0.4) is 0 Å². The van der Waals surface area contributed by atoms with Crippen molar-refractivity contribution in [2.24, 2.45) is 0 Å². The van der Waals surface area contributed by atoms with Gasteiger partial charge in [-0.1, -0.05) is 13.3 Å². The van der Waals surface area contributed by atoms with E-state index in [2.05, 4.69) is 27.1 Å². The van der Waals surface area contributed by atoms with E-state index in [1.165, 1.54) is 11.3 Å². The summed E-state index contributed by atoms with van der Waals surface area (Å²) in [6.07, 6.45) is 3.84. The summed E-state index contributed by atoms with van der Waals surface area (Å²) in [5.41, 5.74) is 1.47. The number of amides is 1. The van der Waals surface area contributed by atoms with Gasteiger partial charge in [0.05, 0.1) is 13.2 Å². The number of unbranched alkanes of at least 4 members (excludes halogenated alkanes) is 1.